The first-order chi connectivity index (χ1) is 13.8. The van der Waals surface area contributed by atoms with Crippen molar-refractivity contribution in [3.8, 4) is 5.88 Å². The molecule has 0 spiro atoms. The Labute approximate surface area is 172 Å². The van der Waals surface area contributed by atoms with Crippen LogP contribution in [-0.2, 0) is 13.5 Å². The van der Waals surface area contributed by atoms with Gasteiger partial charge in [0.2, 0.25) is 5.88 Å². The van der Waals surface area contributed by atoms with Crippen LogP contribution in [0, 0.1) is 12.7 Å². The van der Waals surface area contributed by atoms with Gasteiger partial charge >= 0.3 is 0 Å². The van der Waals surface area contributed by atoms with Crippen LogP contribution in [0.15, 0.2) is 48.7 Å². The van der Waals surface area contributed by atoms with Crippen molar-refractivity contribution in [1.82, 2.24) is 14.5 Å². The quantitative estimate of drug-likeness (QED) is 0.520. The summed E-state index contributed by atoms with van der Waals surface area (Å²) in [6.45, 7) is 1.86. The molecule has 0 saturated carbocycles. The van der Waals surface area contributed by atoms with E-state index in [1.165, 1.54) is 12.1 Å². The normalized spacial score (nSPS) is 12.4. The van der Waals surface area contributed by atoms with E-state index in [9.17, 15) is 14.6 Å². The molecule has 2 aromatic carbocycles. The zero-order valence-corrected chi connectivity index (χ0v) is 16.7. The lowest BCUT2D eigenvalue weighted by molar-refractivity contribution is 0.211. The molecule has 1 atom stereocenters. The van der Waals surface area contributed by atoms with Crippen molar-refractivity contribution >= 4 is 22.5 Å². The Hall–Kier alpha value is -2.96. The number of aromatic nitrogens is 3. The van der Waals surface area contributed by atoms with Gasteiger partial charge in [0.15, 0.2) is 0 Å². The molecular weight excluding hydrogens is 393 g/mol. The average Bonchev–Trinajstić information content (AvgIpc) is 3.04. The fourth-order valence-corrected chi connectivity index (χ4v) is 3.65. The van der Waals surface area contributed by atoms with Crippen LogP contribution in [0.25, 0.3) is 10.9 Å². The Bertz CT molecular complexity index is 1210. The molecule has 4 aromatic rings. The zero-order valence-electron chi connectivity index (χ0n) is 15.9. The Morgan fingerprint density at radius 1 is 1.17 bits per heavy atom. The van der Waals surface area contributed by atoms with Crippen molar-refractivity contribution in [2.24, 2.45) is 7.05 Å². The Morgan fingerprint density at radius 3 is 2.55 bits per heavy atom. The summed E-state index contributed by atoms with van der Waals surface area (Å²) in [5.41, 5.74) is 3.08. The number of aliphatic hydroxyl groups is 1. The predicted octanol–water partition coefficient (Wildman–Crippen LogP) is 4.45. The number of aromatic hydroxyl groups is 1. The Balaban J connectivity index is 1.77. The molecule has 148 valence electrons. The molecule has 0 saturated heterocycles. The number of hydrogen-bond acceptors (Lipinski definition) is 4. The molecule has 0 aliphatic heterocycles. The molecule has 0 radical (unpaired) electrons. The van der Waals surface area contributed by atoms with E-state index in [0.717, 1.165) is 11.4 Å². The van der Waals surface area contributed by atoms with Crippen LogP contribution in [0.2, 0.25) is 5.02 Å². The zero-order chi connectivity index (χ0) is 20.7. The average molecular weight is 412 g/mol. The second-order valence-corrected chi connectivity index (χ2v) is 7.38. The molecule has 0 aliphatic carbocycles. The van der Waals surface area contributed by atoms with Crippen LogP contribution in [0.1, 0.15) is 34.3 Å². The summed E-state index contributed by atoms with van der Waals surface area (Å²) in [5.74, 6) is 0.304. The summed E-state index contributed by atoms with van der Waals surface area (Å²) in [5, 5.41) is 22.2. The van der Waals surface area contributed by atoms with Gasteiger partial charge < -0.3 is 14.8 Å². The van der Waals surface area contributed by atoms with Crippen LogP contribution in [0.3, 0.4) is 0 Å². The Kier molecular flexibility index (Phi) is 4.98. The first-order valence-corrected chi connectivity index (χ1v) is 9.44. The molecular formula is C22H19ClFN3O2. The van der Waals surface area contributed by atoms with E-state index in [-0.39, 0.29) is 11.7 Å². The standard InChI is InChI=1S/C22H19ClFN3O2/c1-12-25-11-19(27(12)2)21(28)14-5-8-18-16(10-14)20(23)17(22(29)26-18)9-13-3-6-15(24)7-4-13/h3-8,10-11,21,28H,9H2,1-2H3,(H,26,29). The van der Waals surface area contributed by atoms with Crippen molar-refractivity contribution < 1.29 is 14.6 Å². The van der Waals surface area contributed by atoms with Crippen molar-refractivity contribution in [3.05, 3.63) is 87.7 Å². The lowest BCUT2D eigenvalue weighted by Crippen LogP contribution is -2.06. The highest BCUT2D eigenvalue weighted by molar-refractivity contribution is 6.36. The smallest absolute Gasteiger partial charge is 0.216 e. The molecule has 0 bridgehead atoms. The van der Waals surface area contributed by atoms with Gasteiger partial charge in [-0.2, -0.15) is 0 Å². The van der Waals surface area contributed by atoms with Crippen molar-refractivity contribution in [3.63, 3.8) is 0 Å². The van der Waals surface area contributed by atoms with Crippen LogP contribution in [0.4, 0.5) is 4.39 Å². The second-order valence-electron chi connectivity index (χ2n) is 7.00. The van der Waals surface area contributed by atoms with E-state index in [1.807, 2.05) is 18.5 Å². The van der Waals surface area contributed by atoms with Gasteiger partial charge in [0.05, 0.1) is 22.4 Å². The fraction of sp³-hybridized carbons (Fsp3) is 0.182. The fourth-order valence-electron chi connectivity index (χ4n) is 3.35. The van der Waals surface area contributed by atoms with Crippen molar-refractivity contribution in [1.29, 1.82) is 0 Å². The van der Waals surface area contributed by atoms with E-state index in [2.05, 4.69) is 9.97 Å². The monoisotopic (exact) mass is 411 g/mol. The highest BCUT2D eigenvalue weighted by Gasteiger charge is 2.19. The second kappa shape index (κ2) is 7.46. The number of fused-ring (bicyclic) bond motifs is 1. The van der Waals surface area contributed by atoms with Crippen LogP contribution in [0.5, 0.6) is 5.88 Å². The number of aryl methyl sites for hydroxylation is 1. The molecule has 7 heteroatoms. The molecule has 1 unspecified atom stereocenters. The predicted molar refractivity (Wildman–Crippen MR) is 110 cm³/mol. The molecule has 2 N–H and O–H groups in total. The summed E-state index contributed by atoms with van der Waals surface area (Å²) in [4.78, 5) is 8.47. The molecule has 29 heavy (non-hydrogen) atoms. The maximum atomic E-state index is 13.2. The summed E-state index contributed by atoms with van der Waals surface area (Å²) in [7, 11) is 1.84. The Morgan fingerprint density at radius 2 is 1.90 bits per heavy atom. The SMILES string of the molecule is Cc1ncc(C(O)c2ccc3nc(O)c(Cc4ccc(F)cc4)c(Cl)c3c2)n1C. The highest BCUT2D eigenvalue weighted by atomic mass is 35.5. The summed E-state index contributed by atoms with van der Waals surface area (Å²) >= 11 is 6.61. The topological polar surface area (TPSA) is 71.2 Å². The van der Waals surface area contributed by atoms with Crippen LogP contribution >= 0.6 is 11.6 Å². The molecule has 2 heterocycles. The van der Waals surface area contributed by atoms with E-state index < -0.39 is 6.10 Å². The number of benzene rings is 2. The minimum absolute atomic E-state index is 0.164. The third-order valence-corrected chi connectivity index (χ3v) is 5.60. The van der Waals surface area contributed by atoms with Gasteiger partial charge in [-0.15, -0.1) is 0 Å². The minimum atomic E-state index is -0.879. The highest BCUT2D eigenvalue weighted by Crippen LogP contribution is 2.35. The summed E-state index contributed by atoms with van der Waals surface area (Å²) < 4.78 is 15.0. The van der Waals surface area contributed by atoms with Gasteiger partial charge in [0.25, 0.3) is 0 Å². The molecule has 0 fully saturated rings. The molecule has 0 amide bonds. The van der Waals surface area contributed by atoms with E-state index in [1.54, 1.807) is 36.5 Å². The molecule has 4 rings (SSSR count). The molecule has 0 aliphatic rings. The molecule has 2 aromatic heterocycles. The van der Waals surface area contributed by atoms with Crippen molar-refractivity contribution in [2.75, 3.05) is 0 Å². The third-order valence-electron chi connectivity index (χ3n) is 5.16. The van der Waals surface area contributed by atoms with E-state index in [0.29, 0.717) is 39.2 Å². The number of hydrogen-bond donors (Lipinski definition) is 2. The third kappa shape index (κ3) is 3.57. The molecule has 5 nitrogen and oxygen atoms in total. The minimum Gasteiger partial charge on any atom is -0.493 e. The number of pyridine rings is 1. The lowest BCUT2D eigenvalue weighted by atomic mass is 10.0. The first-order valence-electron chi connectivity index (χ1n) is 9.07. The van der Waals surface area contributed by atoms with Gasteiger partial charge in [-0.3, -0.25) is 0 Å². The first kappa shape index (κ1) is 19.4. The van der Waals surface area contributed by atoms with E-state index in [4.69, 9.17) is 11.6 Å². The number of rotatable bonds is 4. The largest absolute Gasteiger partial charge is 0.493 e. The van der Waals surface area contributed by atoms with Crippen LogP contribution in [-0.4, -0.2) is 24.7 Å². The summed E-state index contributed by atoms with van der Waals surface area (Å²) in [6, 6.07) is 11.2. The van der Waals surface area contributed by atoms with Gasteiger partial charge in [-0.05, 0) is 42.3 Å². The maximum Gasteiger partial charge on any atom is 0.216 e. The summed E-state index contributed by atoms with van der Waals surface area (Å²) in [6.07, 6.45) is 1.07. The number of imidazole rings is 1. The van der Waals surface area contributed by atoms with Crippen LogP contribution < -0.4 is 0 Å². The van der Waals surface area contributed by atoms with E-state index >= 15 is 0 Å². The number of nitrogens with zero attached hydrogens (tertiary/aromatic N) is 3. The van der Waals surface area contributed by atoms with Gasteiger partial charge in [-0.25, -0.2) is 14.4 Å². The van der Waals surface area contributed by atoms with Gasteiger partial charge in [0, 0.05) is 24.4 Å². The van der Waals surface area contributed by atoms with Crippen molar-refractivity contribution in [2.45, 2.75) is 19.4 Å². The number of halogens is 2. The van der Waals surface area contributed by atoms with Gasteiger partial charge in [0.1, 0.15) is 17.7 Å². The lowest BCUT2D eigenvalue weighted by Gasteiger charge is -2.15. The van der Waals surface area contributed by atoms with Gasteiger partial charge in [-0.1, -0.05) is 29.8 Å². The maximum absolute atomic E-state index is 13.2. The number of aliphatic hydroxyl groups excluding tert-OH is 1.